The van der Waals surface area contributed by atoms with E-state index in [9.17, 15) is 0 Å². The van der Waals surface area contributed by atoms with Crippen molar-refractivity contribution in [1.82, 2.24) is 19.9 Å². The maximum Gasteiger partial charge on any atom is 0.226 e. The third-order valence-corrected chi connectivity index (χ3v) is 4.22. The number of H-pyrrole nitrogens is 1. The fourth-order valence-corrected chi connectivity index (χ4v) is 2.98. The summed E-state index contributed by atoms with van der Waals surface area (Å²) in [6, 6.07) is 3.92. The second-order valence-electron chi connectivity index (χ2n) is 3.95. The number of anilines is 1. The van der Waals surface area contributed by atoms with Gasteiger partial charge >= 0.3 is 0 Å². The minimum absolute atomic E-state index is 0.0648. The van der Waals surface area contributed by atoms with Crippen molar-refractivity contribution in [3.63, 3.8) is 0 Å². The fourth-order valence-electron chi connectivity index (χ4n) is 1.75. The number of hydrogen-bond acceptors (Lipinski definition) is 5. The molecule has 3 aromatic heterocycles. The molecule has 3 aromatic rings. The highest BCUT2D eigenvalue weighted by Crippen LogP contribution is 2.30. The lowest BCUT2D eigenvalue weighted by atomic mass is 10.3. The largest absolute Gasteiger partial charge is 0.361 e. The summed E-state index contributed by atoms with van der Waals surface area (Å²) < 4.78 is 0.760. The molecule has 0 saturated carbocycles. The molecule has 3 rings (SSSR count). The van der Waals surface area contributed by atoms with Gasteiger partial charge in [-0.05, 0) is 30.7 Å². The topological polar surface area (TPSA) is 66.5 Å². The molecule has 0 spiro atoms. The van der Waals surface area contributed by atoms with Crippen molar-refractivity contribution in [2.24, 2.45) is 0 Å². The lowest BCUT2D eigenvalue weighted by Crippen LogP contribution is -2.07. The van der Waals surface area contributed by atoms with Gasteiger partial charge in [0.05, 0.1) is 16.7 Å². The van der Waals surface area contributed by atoms with Crippen molar-refractivity contribution < 1.29 is 0 Å². The SMILES string of the molecule is CC(Nc1nc(Cl)nc2nc[nH]c12)c1ccc(Cl)s1. The van der Waals surface area contributed by atoms with E-state index < -0.39 is 0 Å². The van der Waals surface area contributed by atoms with E-state index in [1.807, 2.05) is 19.1 Å². The maximum absolute atomic E-state index is 5.94. The number of hydrogen-bond donors (Lipinski definition) is 2. The molecule has 0 fully saturated rings. The van der Waals surface area contributed by atoms with E-state index in [1.165, 1.54) is 11.3 Å². The number of halogens is 2. The molecule has 0 aliphatic heterocycles. The molecular formula is C11H9Cl2N5S. The predicted octanol–water partition coefficient (Wildman–Crippen LogP) is 3.89. The molecule has 1 unspecified atom stereocenters. The number of nitrogens with one attached hydrogen (secondary N) is 2. The Morgan fingerprint density at radius 3 is 2.89 bits per heavy atom. The summed E-state index contributed by atoms with van der Waals surface area (Å²) in [5.74, 6) is 0.629. The highest BCUT2D eigenvalue weighted by molar-refractivity contribution is 7.16. The van der Waals surface area contributed by atoms with Gasteiger partial charge in [0.15, 0.2) is 11.5 Å². The molecule has 5 nitrogen and oxygen atoms in total. The first-order valence-electron chi connectivity index (χ1n) is 5.52. The van der Waals surface area contributed by atoms with Gasteiger partial charge in [0.25, 0.3) is 0 Å². The van der Waals surface area contributed by atoms with E-state index in [4.69, 9.17) is 23.2 Å². The molecule has 2 N–H and O–H groups in total. The number of imidazole rings is 1. The molecule has 1 atom stereocenters. The lowest BCUT2D eigenvalue weighted by molar-refractivity contribution is 0.897. The molecule has 98 valence electrons. The Morgan fingerprint density at radius 1 is 1.32 bits per heavy atom. The van der Waals surface area contributed by atoms with Gasteiger partial charge in [-0.1, -0.05) is 11.6 Å². The van der Waals surface area contributed by atoms with Crippen molar-refractivity contribution >= 4 is 51.5 Å². The number of rotatable bonds is 3. The second-order valence-corrected chi connectivity index (χ2v) is 6.04. The summed E-state index contributed by atoms with van der Waals surface area (Å²) >= 11 is 13.3. The summed E-state index contributed by atoms with van der Waals surface area (Å²) in [6.45, 7) is 2.03. The van der Waals surface area contributed by atoms with Crippen LogP contribution in [-0.4, -0.2) is 19.9 Å². The van der Waals surface area contributed by atoms with E-state index in [0.717, 1.165) is 14.7 Å². The van der Waals surface area contributed by atoms with Gasteiger partial charge in [0, 0.05) is 4.88 Å². The average molecular weight is 314 g/mol. The predicted molar refractivity (Wildman–Crippen MR) is 78.1 cm³/mol. The maximum atomic E-state index is 5.94. The zero-order valence-corrected chi connectivity index (χ0v) is 12.1. The highest BCUT2D eigenvalue weighted by atomic mass is 35.5. The molecule has 19 heavy (non-hydrogen) atoms. The Morgan fingerprint density at radius 2 is 2.16 bits per heavy atom. The van der Waals surface area contributed by atoms with E-state index in [-0.39, 0.29) is 11.3 Å². The van der Waals surface area contributed by atoms with E-state index in [2.05, 4.69) is 25.3 Å². The second kappa shape index (κ2) is 4.96. The van der Waals surface area contributed by atoms with Crippen LogP contribution in [-0.2, 0) is 0 Å². The van der Waals surface area contributed by atoms with Gasteiger partial charge in [-0.3, -0.25) is 0 Å². The summed E-state index contributed by atoms with van der Waals surface area (Å²) in [7, 11) is 0. The summed E-state index contributed by atoms with van der Waals surface area (Å²) in [5, 5.41) is 3.45. The Hall–Kier alpha value is -1.37. The molecule has 0 aliphatic rings. The molecule has 8 heteroatoms. The van der Waals surface area contributed by atoms with Crippen LogP contribution in [0.25, 0.3) is 11.2 Å². The smallest absolute Gasteiger partial charge is 0.226 e. The molecule has 0 aromatic carbocycles. The molecule has 0 aliphatic carbocycles. The van der Waals surface area contributed by atoms with Crippen molar-refractivity contribution in [2.45, 2.75) is 13.0 Å². The van der Waals surface area contributed by atoms with Crippen LogP contribution in [0, 0.1) is 0 Å². The molecule has 0 amide bonds. The van der Waals surface area contributed by atoms with Gasteiger partial charge in [-0.15, -0.1) is 11.3 Å². The van der Waals surface area contributed by atoms with Crippen LogP contribution in [0.5, 0.6) is 0 Å². The van der Waals surface area contributed by atoms with E-state index in [1.54, 1.807) is 6.33 Å². The molecule has 3 heterocycles. The van der Waals surface area contributed by atoms with Gasteiger partial charge < -0.3 is 10.3 Å². The van der Waals surface area contributed by atoms with Gasteiger partial charge in [0.1, 0.15) is 5.52 Å². The third kappa shape index (κ3) is 2.51. The van der Waals surface area contributed by atoms with Gasteiger partial charge in [0.2, 0.25) is 5.28 Å². The van der Waals surface area contributed by atoms with Crippen molar-refractivity contribution in [3.8, 4) is 0 Å². The first-order valence-corrected chi connectivity index (χ1v) is 7.09. The van der Waals surface area contributed by atoms with Gasteiger partial charge in [-0.2, -0.15) is 9.97 Å². The minimum atomic E-state index is 0.0648. The standard InChI is InChI=1S/C11H9Cl2N5S/c1-5(6-2-3-7(12)19-6)16-10-8-9(15-4-14-8)17-11(13)18-10/h2-5H,1H3,(H2,14,15,16,17,18). The zero-order valence-electron chi connectivity index (χ0n) is 9.82. The number of aromatic nitrogens is 4. The minimum Gasteiger partial charge on any atom is -0.361 e. The number of fused-ring (bicyclic) bond motifs is 1. The Kier molecular flexibility index (Phi) is 3.30. The molecule has 0 saturated heterocycles. The normalized spacial score (nSPS) is 12.8. The Labute approximate surface area is 123 Å². The zero-order chi connectivity index (χ0) is 13.4. The number of aromatic amines is 1. The summed E-state index contributed by atoms with van der Waals surface area (Å²) in [5.41, 5.74) is 1.28. The van der Waals surface area contributed by atoms with Gasteiger partial charge in [-0.25, -0.2) is 4.98 Å². The average Bonchev–Trinajstić information content (AvgIpc) is 2.97. The third-order valence-electron chi connectivity index (χ3n) is 2.63. The van der Waals surface area contributed by atoms with Crippen LogP contribution in [0.2, 0.25) is 9.62 Å². The monoisotopic (exact) mass is 313 g/mol. The van der Waals surface area contributed by atoms with Crippen LogP contribution in [0.4, 0.5) is 5.82 Å². The Bertz CT molecular complexity index is 723. The summed E-state index contributed by atoms with van der Waals surface area (Å²) in [4.78, 5) is 16.4. The van der Waals surface area contributed by atoms with Crippen molar-refractivity contribution in [3.05, 3.63) is 33.0 Å². The van der Waals surface area contributed by atoms with E-state index >= 15 is 0 Å². The van der Waals surface area contributed by atoms with Crippen molar-refractivity contribution in [1.29, 1.82) is 0 Å². The van der Waals surface area contributed by atoms with E-state index in [0.29, 0.717) is 11.5 Å². The first kappa shape index (κ1) is 12.7. The molecule has 0 bridgehead atoms. The quantitative estimate of drug-likeness (QED) is 0.720. The highest BCUT2D eigenvalue weighted by Gasteiger charge is 2.13. The number of nitrogens with zero attached hydrogens (tertiary/aromatic N) is 3. The Balaban J connectivity index is 1.94. The van der Waals surface area contributed by atoms with Crippen LogP contribution in [0.1, 0.15) is 17.8 Å². The lowest BCUT2D eigenvalue weighted by Gasteiger charge is -2.13. The van der Waals surface area contributed by atoms with Crippen molar-refractivity contribution in [2.75, 3.05) is 5.32 Å². The summed E-state index contributed by atoms with van der Waals surface area (Å²) in [6.07, 6.45) is 1.56. The van der Waals surface area contributed by atoms with Crippen LogP contribution in [0.3, 0.4) is 0 Å². The van der Waals surface area contributed by atoms with Crippen LogP contribution >= 0.6 is 34.5 Å². The van der Waals surface area contributed by atoms with Crippen LogP contribution in [0.15, 0.2) is 18.5 Å². The molecular weight excluding hydrogens is 305 g/mol. The number of thiophene rings is 1. The first-order chi connectivity index (χ1) is 9.13. The van der Waals surface area contributed by atoms with Crippen LogP contribution < -0.4 is 5.32 Å². The fraction of sp³-hybridized carbons (Fsp3) is 0.182. The molecule has 0 radical (unpaired) electrons.